The Labute approximate surface area is 164 Å². The van der Waals surface area contributed by atoms with Crippen molar-refractivity contribution in [2.45, 2.75) is 77.0 Å². The van der Waals surface area contributed by atoms with Gasteiger partial charge in [0.05, 0.1) is 6.07 Å². The first-order chi connectivity index (χ1) is 13.2. The van der Waals surface area contributed by atoms with Gasteiger partial charge in [0.1, 0.15) is 5.82 Å². The molecule has 0 N–H and O–H groups in total. The number of aryl methyl sites for hydroxylation is 1. The summed E-state index contributed by atoms with van der Waals surface area (Å²) >= 11 is 0. The van der Waals surface area contributed by atoms with Gasteiger partial charge in [0.25, 0.3) is 0 Å². The third-order valence-electron chi connectivity index (χ3n) is 7.06. The van der Waals surface area contributed by atoms with Gasteiger partial charge in [0.2, 0.25) is 0 Å². The first kappa shape index (κ1) is 20.1. The number of halogens is 1. The van der Waals surface area contributed by atoms with Crippen LogP contribution < -0.4 is 0 Å². The van der Waals surface area contributed by atoms with Gasteiger partial charge in [-0.1, -0.05) is 43.9 Å². The molecule has 2 aliphatic carbocycles. The van der Waals surface area contributed by atoms with E-state index in [1.54, 1.807) is 18.2 Å². The Morgan fingerprint density at radius 3 is 2.15 bits per heavy atom. The van der Waals surface area contributed by atoms with Crippen molar-refractivity contribution in [1.82, 2.24) is 0 Å². The highest BCUT2D eigenvalue weighted by Gasteiger charge is 2.30. The first-order valence-electron chi connectivity index (χ1n) is 11.1. The van der Waals surface area contributed by atoms with Gasteiger partial charge in [0.15, 0.2) is 0 Å². The molecule has 0 spiro atoms. The number of hydrogen-bond acceptors (Lipinski definition) is 1. The zero-order valence-corrected chi connectivity index (χ0v) is 16.6. The summed E-state index contributed by atoms with van der Waals surface area (Å²) in [6.45, 7) is 0. The van der Waals surface area contributed by atoms with Crippen molar-refractivity contribution in [2.75, 3.05) is 0 Å². The summed E-state index contributed by atoms with van der Waals surface area (Å²) in [5.74, 6) is 3.35. The van der Waals surface area contributed by atoms with Crippen LogP contribution >= 0.6 is 0 Å². The second-order valence-corrected chi connectivity index (χ2v) is 8.82. The first-order valence-corrected chi connectivity index (χ1v) is 11.1. The summed E-state index contributed by atoms with van der Waals surface area (Å²) in [4.78, 5) is 0. The fourth-order valence-electron chi connectivity index (χ4n) is 5.35. The van der Waals surface area contributed by atoms with Crippen LogP contribution in [0.3, 0.4) is 0 Å². The van der Waals surface area contributed by atoms with Crippen molar-refractivity contribution in [1.29, 1.82) is 5.26 Å². The molecule has 0 amide bonds. The molecule has 27 heavy (non-hydrogen) atoms. The van der Waals surface area contributed by atoms with E-state index in [1.165, 1.54) is 76.2 Å². The lowest BCUT2D eigenvalue weighted by molar-refractivity contribution is 0.151. The lowest BCUT2D eigenvalue weighted by atomic mass is 9.68. The topological polar surface area (TPSA) is 23.8 Å². The number of allylic oxidation sites excluding steroid dienone is 2. The highest BCUT2D eigenvalue weighted by Crippen LogP contribution is 2.42. The summed E-state index contributed by atoms with van der Waals surface area (Å²) in [5.41, 5.74) is 1.26. The minimum absolute atomic E-state index is 0.136. The third-order valence-corrected chi connectivity index (χ3v) is 7.06. The van der Waals surface area contributed by atoms with Crippen LogP contribution in [0.4, 0.5) is 4.39 Å². The molecule has 146 valence electrons. The van der Waals surface area contributed by atoms with Crippen molar-refractivity contribution in [2.24, 2.45) is 23.7 Å². The molecule has 1 aromatic rings. The molecule has 0 heterocycles. The van der Waals surface area contributed by atoms with Crippen LogP contribution in [-0.4, -0.2) is 0 Å². The maximum atomic E-state index is 12.9. The van der Waals surface area contributed by atoms with Crippen LogP contribution in [0.5, 0.6) is 0 Å². The number of unbranched alkanes of at least 4 members (excludes halogenated alkanes) is 1. The van der Waals surface area contributed by atoms with E-state index in [1.807, 2.05) is 12.1 Å². The van der Waals surface area contributed by atoms with Gasteiger partial charge in [-0.2, -0.15) is 5.26 Å². The van der Waals surface area contributed by atoms with Gasteiger partial charge in [-0.3, -0.25) is 0 Å². The molecule has 2 saturated carbocycles. The molecular formula is C25H34FN. The zero-order chi connectivity index (χ0) is 18.9. The Hall–Kier alpha value is -1.62. The van der Waals surface area contributed by atoms with Gasteiger partial charge in [-0.05, 0) is 92.7 Å². The summed E-state index contributed by atoms with van der Waals surface area (Å²) < 4.78 is 12.9. The summed E-state index contributed by atoms with van der Waals surface area (Å²) in [6.07, 6.45) is 19.8. The maximum Gasteiger partial charge on any atom is 0.123 e. The highest BCUT2D eigenvalue weighted by molar-refractivity contribution is 5.15. The van der Waals surface area contributed by atoms with Crippen molar-refractivity contribution in [3.8, 4) is 6.07 Å². The van der Waals surface area contributed by atoms with Crippen LogP contribution in [-0.2, 0) is 6.42 Å². The van der Waals surface area contributed by atoms with Gasteiger partial charge in [-0.25, -0.2) is 4.39 Å². The number of rotatable bonds is 7. The largest absolute Gasteiger partial charge is 0.207 e. The van der Waals surface area contributed by atoms with Gasteiger partial charge < -0.3 is 0 Å². The third kappa shape index (κ3) is 6.49. The lowest BCUT2D eigenvalue weighted by Gasteiger charge is -2.37. The smallest absolute Gasteiger partial charge is 0.123 e. The van der Waals surface area contributed by atoms with E-state index >= 15 is 0 Å². The molecule has 3 rings (SSSR count). The average molecular weight is 368 g/mol. The molecule has 2 heteroatoms. The Balaban J connectivity index is 1.28. The predicted octanol–water partition coefficient (Wildman–Crippen LogP) is 7.23. The molecule has 2 fully saturated rings. The van der Waals surface area contributed by atoms with Crippen LogP contribution in [0.2, 0.25) is 0 Å². The number of nitrogens with zero attached hydrogens (tertiary/aromatic N) is 1. The highest BCUT2D eigenvalue weighted by atomic mass is 19.1. The fourth-order valence-corrected chi connectivity index (χ4v) is 5.35. The van der Waals surface area contributed by atoms with E-state index in [9.17, 15) is 4.39 Å². The van der Waals surface area contributed by atoms with E-state index in [0.717, 1.165) is 24.2 Å². The van der Waals surface area contributed by atoms with E-state index in [2.05, 4.69) is 12.1 Å². The second-order valence-electron chi connectivity index (χ2n) is 8.82. The zero-order valence-electron chi connectivity index (χ0n) is 16.6. The Kier molecular flexibility index (Phi) is 7.93. The quantitative estimate of drug-likeness (QED) is 0.368. The SMILES string of the molecule is N#C/C=C/C1CCC([C@H]2CC[C@H](CCCCc3ccc(F)cc3)CC2)CC1. The molecule has 0 aliphatic heterocycles. The molecule has 2 aliphatic rings. The molecule has 0 saturated heterocycles. The van der Waals surface area contributed by atoms with Crippen LogP contribution in [0.1, 0.15) is 76.2 Å². The molecule has 0 aromatic heterocycles. The van der Waals surface area contributed by atoms with E-state index in [0.29, 0.717) is 5.92 Å². The van der Waals surface area contributed by atoms with Crippen LogP contribution in [0, 0.1) is 40.8 Å². The predicted molar refractivity (Wildman–Crippen MR) is 110 cm³/mol. The number of benzene rings is 1. The standard InChI is InChI=1S/C25H34FN/c26-25-17-11-21(12-18-25)5-2-1-4-20-7-13-23(14-8-20)24-15-9-22(10-16-24)6-3-19-27/h3,6,11-12,17-18,20,22-24H,1-2,4-5,7-10,13-16H2/b6-3+/t20-,22?,23-,24?. The van der Waals surface area contributed by atoms with Crippen LogP contribution in [0.25, 0.3) is 0 Å². The summed E-state index contributed by atoms with van der Waals surface area (Å²) in [6, 6.07) is 9.12. The Bertz CT molecular complexity index is 611. The lowest BCUT2D eigenvalue weighted by Crippen LogP contribution is -2.25. The minimum Gasteiger partial charge on any atom is -0.207 e. The van der Waals surface area contributed by atoms with E-state index in [-0.39, 0.29) is 5.82 Å². The Morgan fingerprint density at radius 1 is 0.889 bits per heavy atom. The number of hydrogen-bond donors (Lipinski definition) is 0. The van der Waals surface area contributed by atoms with E-state index in [4.69, 9.17) is 5.26 Å². The van der Waals surface area contributed by atoms with Crippen molar-refractivity contribution < 1.29 is 4.39 Å². The molecule has 0 unspecified atom stereocenters. The summed E-state index contributed by atoms with van der Waals surface area (Å²) in [7, 11) is 0. The normalized spacial score (nSPS) is 28.9. The van der Waals surface area contributed by atoms with Gasteiger partial charge >= 0.3 is 0 Å². The molecule has 0 bridgehead atoms. The van der Waals surface area contributed by atoms with Crippen molar-refractivity contribution in [3.63, 3.8) is 0 Å². The van der Waals surface area contributed by atoms with Gasteiger partial charge in [-0.15, -0.1) is 0 Å². The second kappa shape index (κ2) is 10.6. The molecule has 1 aromatic carbocycles. The van der Waals surface area contributed by atoms with Crippen molar-refractivity contribution >= 4 is 0 Å². The fraction of sp³-hybridized carbons (Fsp3) is 0.640. The van der Waals surface area contributed by atoms with Crippen LogP contribution in [0.15, 0.2) is 36.4 Å². The van der Waals surface area contributed by atoms with Crippen molar-refractivity contribution in [3.05, 3.63) is 47.8 Å². The number of nitriles is 1. The Morgan fingerprint density at radius 2 is 1.52 bits per heavy atom. The minimum atomic E-state index is -0.136. The monoisotopic (exact) mass is 367 g/mol. The summed E-state index contributed by atoms with van der Waals surface area (Å²) in [5, 5.41) is 8.67. The van der Waals surface area contributed by atoms with E-state index < -0.39 is 0 Å². The molecular weight excluding hydrogens is 333 g/mol. The molecule has 0 atom stereocenters. The molecule has 1 nitrogen and oxygen atoms in total. The average Bonchev–Trinajstić information content (AvgIpc) is 2.72. The van der Waals surface area contributed by atoms with Gasteiger partial charge in [0, 0.05) is 6.08 Å². The maximum absolute atomic E-state index is 12.9. The molecule has 0 radical (unpaired) electrons.